The van der Waals surface area contributed by atoms with Crippen molar-refractivity contribution in [2.45, 2.75) is 0 Å². The van der Waals surface area contributed by atoms with E-state index in [0.717, 1.165) is 0 Å². The number of hydrogen-bond acceptors (Lipinski definition) is 0. The molecule has 0 nitrogen and oxygen atoms in total. The Bertz CT molecular complexity index is 365. The minimum atomic E-state index is 0.532. The van der Waals surface area contributed by atoms with Crippen LogP contribution in [0.4, 0.5) is 0 Å². The molecule has 0 fully saturated rings. The van der Waals surface area contributed by atoms with Crippen LogP contribution < -0.4 is 0 Å². The van der Waals surface area contributed by atoms with Crippen molar-refractivity contribution >= 4 is 30.4 Å². The Hall–Kier alpha value is -0.301. The van der Waals surface area contributed by atoms with E-state index >= 15 is 0 Å². The fraction of sp³-hybridized carbons (Fsp3) is 0. The monoisotopic (exact) mass is 286 g/mol. The standard InChI is InChI=1S/C10H7BrSe/c11-9-5-2-1-4-8(9)10-6-3-7-12-10/h1-7H. The van der Waals surface area contributed by atoms with Crippen LogP contribution in [-0.4, -0.2) is 14.5 Å². The fourth-order valence-electron chi connectivity index (χ4n) is 1.09. The molecule has 2 heteroatoms. The van der Waals surface area contributed by atoms with E-state index in [1.807, 2.05) is 6.07 Å². The van der Waals surface area contributed by atoms with Crippen molar-refractivity contribution in [3.05, 3.63) is 45.8 Å². The van der Waals surface area contributed by atoms with Crippen LogP contribution in [-0.2, 0) is 0 Å². The molecule has 0 saturated carbocycles. The van der Waals surface area contributed by atoms with Gasteiger partial charge in [-0.1, -0.05) is 0 Å². The molecular formula is C10H7BrSe. The van der Waals surface area contributed by atoms with E-state index < -0.39 is 0 Å². The Morgan fingerprint density at radius 1 is 1.00 bits per heavy atom. The molecule has 1 aromatic carbocycles. The summed E-state index contributed by atoms with van der Waals surface area (Å²) in [7, 11) is 0. The van der Waals surface area contributed by atoms with E-state index in [1.54, 1.807) is 0 Å². The number of benzene rings is 1. The summed E-state index contributed by atoms with van der Waals surface area (Å²) < 4.78 is 2.65. The maximum atomic E-state index is 3.55. The van der Waals surface area contributed by atoms with Gasteiger partial charge in [0.05, 0.1) is 0 Å². The predicted molar refractivity (Wildman–Crippen MR) is 56.5 cm³/mol. The van der Waals surface area contributed by atoms with E-state index in [9.17, 15) is 0 Å². The molecule has 0 amide bonds. The molecule has 0 atom stereocenters. The van der Waals surface area contributed by atoms with Crippen LogP contribution in [0, 0.1) is 0 Å². The molecule has 0 aliphatic heterocycles. The van der Waals surface area contributed by atoms with Gasteiger partial charge in [0.2, 0.25) is 0 Å². The summed E-state index contributed by atoms with van der Waals surface area (Å²) in [5, 5.41) is 0. The normalized spacial score (nSPS) is 10.1. The molecule has 2 rings (SSSR count). The Kier molecular flexibility index (Phi) is 2.50. The van der Waals surface area contributed by atoms with E-state index in [1.165, 1.54) is 14.5 Å². The first-order valence-electron chi connectivity index (χ1n) is 3.66. The Morgan fingerprint density at radius 2 is 1.83 bits per heavy atom. The molecule has 0 radical (unpaired) electrons. The molecule has 1 heterocycles. The summed E-state index contributed by atoms with van der Waals surface area (Å²) >= 11 is 4.08. The first kappa shape index (κ1) is 8.30. The van der Waals surface area contributed by atoms with Crippen LogP contribution in [0.3, 0.4) is 0 Å². The molecule has 0 bridgehead atoms. The number of rotatable bonds is 1. The van der Waals surface area contributed by atoms with Crippen LogP contribution >= 0.6 is 15.9 Å². The van der Waals surface area contributed by atoms with Gasteiger partial charge in [0.25, 0.3) is 0 Å². The second-order valence-electron chi connectivity index (χ2n) is 2.46. The quantitative estimate of drug-likeness (QED) is 0.706. The van der Waals surface area contributed by atoms with Gasteiger partial charge in [0.1, 0.15) is 0 Å². The zero-order valence-corrected chi connectivity index (χ0v) is 9.63. The second kappa shape index (κ2) is 3.61. The predicted octanol–water partition coefficient (Wildman–Crippen LogP) is 3.17. The average Bonchev–Trinajstić information content (AvgIpc) is 2.57. The molecule has 12 heavy (non-hydrogen) atoms. The van der Waals surface area contributed by atoms with Crippen molar-refractivity contribution in [2.75, 3.05) is 0 Å². The van der Waals surface area contributed by atoms with E-state index in [-0.39, 0.29) is 0 Å². The maximum absolute atomic E-state index is 3.55. The first-order chi connectivity index (χ1) is 5.88. The summed E-state index contributed by atoms with van der Waals surface area (Å²) in [6.07, 6.45) is 0. The molecule has 0 saturated heterocycles. The van der Waals surface area contributed by atoms with Crippen LogP contribution in [0.5, 0.6) is 0 Å². The van der Waals surface area contributed by atoms with Crippen molar-refractivity contribution < 1.29 is 0 Å². The van der Waals surface area contributed by atoms with Crippen LogP contribution in [0.15, 0.2) is 45.8 Å². The van der Waals surface area contributed by atoms with Crippen LogP contribution in [0.1, 0.15) is 0 Å². The summed E-state index contributed by atoms with van der Waals surface area (Å²) in [5.74, 6) is 0. The molecule has 0 N–H and O–H groups in total. The summed E-state index contributed by atoms with van der Waals surface area (Å²) in [6.45, 7) is 0. The number of hydrogen-bond donors (Lipinski definition) is 0. The first-order valence-corrected chi connectivity index (χ1v) is 6.30. The van der Waals surface area contributed by atoms with Crippen molar-refractivity contribution in [3.63, 3.8) is 0 Å². The van der Waals surface area contributed by atoms with Gasteiger partial charge in [-0.15, -0.1) is 0 Å². The Balaban J connectivity index is 2.55. The average molecular weight is 286 g/mol. The zero-order valence-electron chi connectivity index (χ0n) is 6.33. The summed E-state index contributed by atoms with van der Waals surface area (Å²) in [4.78, 5) is 2.24. The zero-order chi connectivity index (χ0) is 8.39. The second-order valence-corrected chi connectivity index (χ2v) is 5.30. The van der Waals surface area contributed by atoms with Gasteiger partial charge in [0.15, 0.2) is 0 Å². The van der Waals surface area contributed by atoms with Crippen molar-refractivity contribution in [1.82, 2.24) is 0 Å². The van der Waals surface area contributed by atoms with E-state index in [2.05, 4.69) is 51.2 Å². The van der Waals surface area contributed by atoms with Gasteiger partial charge < -0.3 is 0 Å². The molecule has 0 aliphatic carbocycles. The fourth-order valence-corrected chi connectivity index (χ4v) is 3.49. The van der Waals surface area contributed by atoms with Crippen molar-refractivity contribution in [2.24, 2.45) is 0 Å². The Morgan fingerprint density at radius 3 is 2.50 bits per heavy atom. The van der Waals surface area contributed by atoms with Crippen LogP contribution in [0.2, 0.25) is 0 Å². The topological polar surface area (TPSA) is 0 Å². The molecular weight excluding hydrogens is 279 g/mol. The van der Waals surface area contributed by atoms with Gasteiger partial charge in [-0.2, -0.15) is 0 Å². The third-order valence-electron chi connectivity index (χ3n) is 1.66. The SMILES string of the molecule is Brc1ccccc1-c1ccc[se]1. The molecule has 0 aliphatic rings. The minimum absolute atomic E-state index is 0.532. The van der Waals surface area contributed by atoms with Gasteiger partial charge in [-0.05, 0) is 0 Å². The number of halogens is 1. The third-order valence-corrected chi connectivity index (χ3v) is 4.25. The molecule has 0 unspecified atom stereocenters. The summed E-state index contributed by atoms with van der Waals surface area (Å²) in [6, 6.07) is 12.7. The van der Waals surface area contributed by atoms with Gasteiger partial charge in [0, 0.05) is 0 Å². The summed E-state index contributed by atoms with van der Waals surface area (Å²) in [5.41, 5.74) is 1.34. The van der Waals surface area contributed by atoms with Gasteiger partial charge in [-0.25, -0.2) is 0 Å². The molecule has 1 aromatic heterocycles. The molecule has 2 aromatic rings. The van der Waals surface area contributed by atoms with E-state index in [4.69, 9.17) is 0 Å². The molecule has 0 spiro atoms. The van der Waals surface area contributed by atoms with Gasteiger partial charge in [-0.3, -0.25) is 0 Å². The van der Waals surface area contributed by atoms with Crippen molar-refractivity contribution in [1.29, 1.82) is 0 Å². The molecule has 60 valence electrons. The van der Waals surface area contributed by atoms with Crippen LogP contribution in [0.25, 0.3) is 10.0 Å². The van der Waals surface area contributed by atoms with E-state index in [0.29, 0.717) is 14.5 Å². The van der Waals surface area contributed by atoms with Gasteiger partial charge >= 0.3 is 86.2 Å². The third kappa shape index (κ3) is 1.56. The Labute approximate surface area is 86.1 Å². The van der Waals surface area contributed by atoms with Crippen molar-refractivity contribution in [3.8, 4) is 10.0 Å².